The maximum Gasteiger partial charge on any atom is 0.408 e. The van der Waals surface area contributed by atoms with E-state index in [1.165, 1.54) is 6.42 Å². The molecule has 3 atom stereocenters. The van der Waals surface area contributed by atoms with E-state index in [1.807, 2.05) is 39.8 Å². The van der Waals surface area contributed by atoms with Crippen molar-refractivity contribution in [1.82, 2.24) is 15.5 Å². The SMILES string of the molecule is CCC(C)C(NC(=O)OC(C)(C)C)C(=O)N(C1CCC1)C(C(=O)NC1CCCCC1)c1cc(C)cc(C)c1. The van der Waals surface area contributed by atoms with Crippen molar-refractivity contribution in [2.24, 2.45) is 5.92 Å². The number of rotatable bonds is 9. The first kappa shape index (κ1) is 30.0. The number of carbonyl (C=O) groups is 3. The van der Waals surface area contributed by atoms with Gasteiger partial charge in [0.2, 0.25) is 11.8 Å². The van der Waals surface area contributed by atoms with E-state index in [-0.39, 0.29) is 29.8 Å². The van der Waals surface area contributed by atoms with Gasteiger partial charge in [-0.15, -0.1) is 0 Å². The summed E-state index contributed by atoms with van der Waals surface area (Å²) in [6, 6.07) is 4.69. The number of benzene rings is 1. The topological polar surface area (TPSA) is 87.7 Å². The standard InChI is InChI=1S/C31H49N3O4/c1-8-22(4)26(33-30(37)38-31(5,6)7)29(36)34(25-15-12-16-25)27(23-18-20(2)17-21(3)19-23)28(35)32-24-13-10-9-11-14-24/h17-19,22,24-27H,8-16H2,1-7H3,(H,32,35)(H,33,37). The normalized spacial score (nSPS) is 19.0. The molecule has 0 aromatic heterocycles. The highest BCUT2D eigenvalue weighted by atomic mass is 16.6. The first-order chi connectivity index (χ1) is 17.9. The molecular formula is C31H49N3O4. The van der Waals surface area contributed by atoms with Gasteiger partial charge in [-0.05, 0) is 78.2 Å². The average Bonchev–Trinajstić information content (AvgIpc) is 2.79. The van der Waals surface area contributed by atoms with Gasteiger partial charge < -0.3 is 20.3 Å². The van der Waals surface area contributed by atoms with Gasteiger partial charge >= 0.3 is 6.09 Å². The number of alkyl carbamates (subject to hydrolysis) is 1. The molecule has 0 saturated heterocycles. The van der Waals surface area contributed by atoms with Gasteiger partial charge in [0.25, 0.3) is 0 Å². The second kappa shape index (κ2) is 13.0. The highest BCUT2D eigenvalue weighted by molar-refractivity contribution is 5.92. The second-order valence-corrected chi connectivity index (χ2v) is 12.5. The van der Waals surface area contributed by atoms with Crippen LogP contribution in [0.5, 0.6) is 0 Å². The Morgan fingerprint density at radius 2 is 1.58 bits per heavy atom. The summed E-state index contributed by atoms with van der Waals surface area (Å²) < 4.78 is 5.52. The summed E-state index contributed by atoms with van der Waals surface area (Å²) in [4.78, 5) is 43.1. The first-order valence-corrected chi connectivity index (χ1v) is 14.6. The summed E-state index contributed by atoms with van der Waals surface area (Å²) in [6.45, 7) is 13.4. The molecule has 3 unspecified atom stereocenters. The van der Waals surface area contributed by atoms with Crippen LogP contribution in [-0.2, 0) is 14.3 Å². The van der Waals surface area contributed by atoms with Crippen LogP contribution in [0.2, 0.25) is 0 Å². The van der Waals surface area contributed by atoms with E-state index in [0.29, 0.717) is 6.42 Å². The predicted octanol–water partition coefficient (Wildman–Crippen LogP) is 6.11. The molecule has 7 nitrogen and oxygen atoms in total. The zero-order valence-corrected chi connectivity index (χ0v) is 24.6. The Morgan fingerprint density at radius 1 is 0.974 bits per heavy atom. The average molecular weight is 528 g/mol. The van der Waals surface area contributed by atoms with Gasteiger partial charge in [0.05, 0.1) is 0 Å². The van der Waals surface area contributed by atoms with Gasteiger partial charge in [-0.25, -0.2) is 4.79 Å². The smallest absolute Gasteiger partial charge is 0.408 e. The maximum atomic E-state index is 14.4. The van der Waals surface area contributed by atoms with Crippen LogP contribution in [0.25, 0.3) is 0 Å². The minimum Gasteiger partial charge on any atom is -0.444 e. The van der Waals surface area contributed by atoms with Gasteiger partial charge in [-0.2, -0.15) is 0 Å². The van der Waals surface area contributed by atoms with Crippen LogP contribution in [0.4, 0.5) is 4.79 Å². The third-order valence-electron chi connectivity index (χ3n) is 7.91. The summed E-state index contributed by atoms with van der Waals surface area (Å²) >= 11 is 0. The van der Waals surface area contributed by atoms with Crippen LogP contribution >= 0.6 is 0 Å². The van der Waals surface area contributed by atoms with Crippen LogP contribution in [0.1, 0.15) is 115 Å². The van der Waals surface area contributed by atoms with Crippen molar-refractivity contribution in [3.63, 3.8) is 0 Å². The lowest BCUT2D eigenvalue weighted by molar-refractivity contribution is -0.148. The molecule has 3 rings (SSSR count). The molecule has 0 heterocycles. The van der Waals surface area contributed by atoms with Crippen LogP contribution < -0.4 is 10.6 Å². The van der Waals surface area contributed by atoms with E-state index in [9.17, 15) is 14.4 Å². The zero-order chi connectivity index (χ0) is 28.0. The van der Waals surface area contributed by atoms with E-state index >= 15 is 0 Å². The lowest BCUT2D eigenvalue weighted by Crippen LogP contribution is -2.59. The maximum absolute atomic E-state index is 14.4. The number of amides is 3. The molecule has 1 aromatic rings. The molecule has 2 N–H and O–H groups in total. The molecule has 0 spiro atoms. The fourth-order valence-corrected chi connectivity index (χ4v) is 5.59. The van der Waals surface area contributed by atoms with Crippen molar-refractivity contribution in [3.05, 3.63) is 34.9 Å². The number of hydrogen-bond donors (Lipinski definition) is 2. The summed E-state index contributed by atoms with van der Waals surface area (Å²) in [5.41, 5.74) is 2.27. The lowest BCUT2D eigenvalue weighted by Gasteiger charge is -2.44. The number of aryl methyl sites for hydroxylation is 2. The largest absolute Gasteiger partial charge is 0.444 e. The van der Waals surface area contributed by atoms with Crippen LogP contribution in [0, 0.1) is 19.8 Å². The fraction of sp³-hybridized carbons (Fsp3) is 0.710. The van der Waals surface area contributed by atoms with E-state index in [4.69, 9.17) is 4.74 Å². The number of ether oxygens (including phenoxy) is 1. The van der Waals surface area contributed by atoms with Gasteiger partial charge in [-0.3, -0.25) is 9.59 Å². The molecule has 212 valence electrons. The Labute approximate surface area is 229 Å². The summed E-state index contributed by atoms with van der Waals surface area (Å²) in [7, 11) is 0. The minimum atomic E-state index is -0.786. The Kier molecular flexibility index (Phi) is 10.2. The summed E-state index contributed by atoms with van der Waals surface area (Å²) in [6.07, 6.45) is 8.18. The molecule has 2 aliphatic carbocycles. The molecule has 7 heteroatoms. The van der Waals surface area contributed by atoms with Crippen LogP contribution in [0.15, 0.2) is 18.2 Å². The Balaban J connectivity index is 2.01. The number of nitrogens with zero attached hydrogens (tertiary/aromatic N) is 1. The molecule has 2 fully saturated rings. The molecule has 0 radical (unpaired) electrons. The van der Waals surface area contributed by atoms with Crippen molar-refractivity contribution in [2.75, 3.05) is 0 Å². The summed E-state index contributed by atoms with van der Waals surface area (Å²) in [5, 5.41) is 6.18. The molecule has 0 aliphatic heterocycles. The lowest BCUT2D eigenvalue weighted by atomic mass is 9.86. The van der Waals surface area contributed by atoms with Gasteiger partial charge in [-0.1, -0.05) is 68.9 Å². The van der Waals surface area contributed by atoms with Gasteiger partial charge in [0.1, 0.15) is 17.7 Å². The molecule has 38 heavy (non-hydrogen) atoms. The van der Waals surface area contributed by atoms with Crippen LogP contribution in [0.3, 0.4) is 0 Å². The van der Waals surface area contributed by atoms with Crippen molar-refractivity contribution < 1.29 is 19.1 Å². The van der Waals surface area contributed by atoms with Crippen LogP contribution in [-0.4, -0.2) is 46.5 Å². The third kappa shape index (κ3) is 7.97. The van der Waals surface area contributed by atoms with E-state index < -0.39 is 23.8 Å². The second-order valence-electron chi connectivity index (χ2n) is 12.5. The van der Waals surface area contributed by atoms with Gasteiger partial charge in [0.15, 0.2) is 0 Å². The van der Waals surface area contributed by atoms with Crippen molar-refractivity contribution in [2.45, 2.75) is 136 Å². The molecule has 0 bridgehead atoms. The van der Waals surface area contributed by atoms with Crippen molar-refractivity contribution in [3.8, 4) is 0 Å². The fourth-order valence-electron chi connectivity index (χ4n) is 5.59. The van der Waals surface area contributed by atoms with E-state index in [2.05, 4.69) is 16.7 Å². The van der Waals surface area contributed by atoms with Crippen molar-refractivity contribution >= 4 is 17.9 Å². The minimum absolute atomic E-state index is 0.0441. The third-order valence-corrected chi connectivity index (χ3v) is 7.91. The molecule has 3 amide bonds. The predicted molar refractivity (Wildman–Crippen MR) is 151 cm³/mol. The number of nitrogens with one attached hydrogen (secondary N) is 2. The van der Waals surface area contributed by atoms with Crippen molar-refractivity contribution in [1.29, 1.82) is 0 Å². The zero-order valence-electron chi connectivity index (χ0n) is 24.6. The molecule has 2 aliphatic rings. The molecule has 1 aromatic carbocycles. The monoisotopic (exact) mass is 527 g/mol. The Bertz CT molecular complexity index is 956. The van der Waals surface area contributed by atoms with Gasteiger partial charge in [0, 0.05) is 12.1 Å². The van der Waals surface area contributed by atoms with E-state index in [1.54, 1.807) is 25.7 Å². The molecular weight excluding hydrogens is 478 g/mol. The number of carbonyl (C=O) groups excluding carboxylic acids is 3. The van der Waals surface area contributed by atoms with E-state index in [0.717, 1.165) is 61.6 Å². The first-order valence-electron chi connectivity index (χ1n) is 14.6. The summed E-state index contributed by atoms with van der Waals surface area (Å²) in [5.74, 6) is -0.459. The molecule has 2 saturated carbocycles. The quantitative estimate of drug-likeness (QED) is 0.405. The highest BCUT2D eigenvalue weighted by Gasteiger charge is 2.43. The Hall–Kier alpha value is -2.57. The number of hydrogen-bond acceptors (Lipinski definition) is 4. The highest BCUT2D eigenvalue weighted by Crippen LogP contribution is 2.35. The Morgan fingerprint density at radius 3 is 2.08 bits per heavy atom.